The molecule has 1 unspecified atom stereocenters. The fourth-order valence-electron chi connectivity index (χ4n) is 2.60. The Labute approximate surface area is 108 Å². The van der Waals surface area contributed by atoms with E-state index in [2.05, 4.69) is 13.8 Å². The van der Waals surface area contributed by atoms with Crippen molar-refractivity contribution in [3.8, 4) is 5.75 Å². The van der Waals surface area contributed by atoms with E-state index in [1.807, 2.05) is 11.0 Å². The number of nitrogens with zero attached hydrogens (tertiary/aromatic N) is 1. The Morgan fingerprint density at radius 2 is 2.06 bits per heavy atom. The summed E-state index contributed by atoms with van der Waals surface area (Å²) in [5.41, 5.74) is 1.70. The molecule has 1 aliphatic heterocycles. The number of phenols is 1. The second-order valence-electron chi connectivity index (χ2n) is 5.01. The third kappa shape index (κ3) is 2.35. The summed E-state index contributed by atoms with van der Waals surface area (Å²) >= 11 is 0. The molecule has 0 aromatic heterocycles. The van der Waals surface area contributed by atoms with E-state index in [1.165, 1.54) is 19.3 Å². The number of aromatic hydroxyl groups is 1. The third-order valence-corrected chi connectivity index (χ3v) is 3.70. The Kier molecular flexibility index (Phi) is 3.90. The highest BCUT2D eigenvalue weighted by Crippen LogP contribution is 2.35. The number of phenolic OH excluding ortho intramolecular Hbond substituents is 1. The summed E-state index contributed by atoms with van der Waals surface area (Å²) in [6.45, 7) is 5.05. The number of hydrogen-bond donors (Lipinski definition) is 1. The van der Waals surface area contributed by atoms with Crippen molar-refractivity contribution in [2.24, 2.45) is 0 Å². The Hall–Kier alpha value is -1.51. The predicted octanol–water partition coefficient (Wildman–Crippen LogP) is 3.49. The highest BCUT2D eigenvalue weighted by molar-refractivity contribution is 5.99. The highest BCUT2D eigenvalue weighted by Gasteiger charge is 2.33. The van der Waals surface area contributed by atoms with Crippen molar-refractivity contribution < 1.29 is 9.90 Å². The summed E-state index contributed by atoms with van der Waals surface area (Å²) in [5.74, 6) is 0.229. The molecule has 1 aliphatic rings. The van der Waals surface area contributed by atoms with Crippen LogP contribution >= 0.6 is 0 Å². The molecule has 1 aromatic rings. The lowest BCUT2D eigenvalue weighted by molar-refractivity contribution is 0.0734. The number of benzene rings is 1. The van der Waals surface area contributed by atoms with Crippen LogP contribution in [0.1, 0.15) is 61.5 Å². The second kappa shape index (κ2) is 5.42. The summed E-state index contributed by atoms with van der Waals surface area (Å²) < 4.78 is 0. The van der Waals surface area contributed by atoms with Crippen LogP contribution in [0.25, 0.3) is 0 Å². The molecule has 3 heteroatoms. The maximum atomic E-state index is 12.2. The monoisotopic (exact) mass is 247 g/mol. The Morgan fingerprint density at radius 1 is 1.28 bits per heavy atom. The number of rotatable bonds is 5. The van der Waals surface area contributed by atoms with Gasteiger partial charge in [0.15, 0.2) is 0 Å². The van der Waals surface area contributed by atoms with Crippen LogP contribution in [0.4, 0.5) is 0 Å². The van der Waals surface area contributed by atoms with Crippen LogP contribution in [-0.2, 0) is 0 Å². The van der Waals surface area contributed by atoms with Crippen LogP contribution in [0.5, 0.6) is 5.75 Å². The van der Waals surface area contributed by atoms with Gasteiger partial charge in [-0.2, -0.15) is 0 Å². The summed E-state index contributed by atoms with van der Waals surface area (Å²) in [6, 6.07) is 5.23. The van der Waals surface area contributed by atoms with Crippen LogP contribution < -0.4 is 0 Å². The average molecular weight is 247 g/mol. The van der Waals surface area contributed by atoms with Gasteiger partial charge in [0.25, 0.3) is 5.91 Å². The quantitative estimate of drug-likeness (QED) is 0.809. The van der Waals surface area contributed by atoms with Gasteiger partial charge in [0.1, 0.15) is 5.75 Å². The molecule has 18 heavy (non-hydrogen) atoms. The van der Waals surface area contributed by atoms with Gasteiger partial charge in [-0.1, -0.05) is 32.3 Å². The molecule has 1 N–H and O–H groups in total. The molecule has 1 aromatic carbocycles. The number of fused-ring (bicyclic) bond motifs is 1. The molecule has 98 valence electrons. The van der Waals surface area contributed by atoms with E-state index >= 15 is 0 Å². The van der Waals surface area contributed by atoms with E-state index in [-0.39, 0.29) is 17.7 Å². The van der Waals surface area contributed by atoms with Crippen LogP contribution in [0, 0.1) is 0 Å². The number of hydrogen-bond acceptors (Lipinski definition) is 2. The SMILES string of the molecule is CCCCCCN1C(=O)c2cc(O)ccc2C1C. The molecule has 0 radical (unpaired) electrons. The topological polar surface area (TPSA) is 40.5 Å². The minimum atomic E-state index is 0.0601. The van der Waals surface area contributed by atoms with Gasteiger partial charge in [0.05, 0.1) is 6.04 Å². The van der Waals surface area contributed by atoms with E-state index < -0.39 is 0 Å². The fraction of sp³-hybridized carbons (Fsp3) is 0.533. The first-order valence-corrected chi connectivity index (χ1v) is 6.79. The molecule has 3 nitrogen and oxygen atoms in total. The molecule has 0 aliphatic carbocycles. The van der Waals surface area contributed by atoms with Crippen molar-refractivity contribution in [3.05, 3.63) is 29.3 Å². The summed E-state index contributed by atoms with van der Waals surface area (Å²) in [6.07, 6.45) is 4.67. The molecule has 0 saturated carbocycles. The summed E-state index contributed by atoms with van der Waals surface area (Å²) in [5, 5.41) is 9.46. The van der Waals surface area contributed by atoms with Gasteiger partial charge in [0.2, 0.25) is 0 Å². The van der Waals surface area contributed by atoms with Gasteiger partial charge in [-0.25, -0.2) is 0 Å². The van der Waals surface area contributed by atoms with Gasteiger partial charge in [-0.3, -0.25) is 4.79 Å². The largest absolute Gasteiger partial charge is 0.508 e. The van der Waals surface area contributed by atoms with Crippen LogP contribution in [0.2, 0.25) is 0 Å². The number of unbranched alkanes of at least 4 members (excludes halogenated alkanes) is 3. The molecular weight excluding hydrogens is 226 g/mol. The van der Waals surface area contributed by atoms with E-state index in [0.29, 0.717) is 5.56 Å². The van der Waals surface area contributed by atoms with Crippen LogP contribution in [-0.4, -0.2) is 22.5 Å². The predicted molar refractivity (Wildman–Crippen MR) is 71.7 cm³/mol. The smallest absolute Gasteiger partial charge is 0.254 e. The fourth-order valence-corrected chi connectivity index (χ4v) is 2.60. The number of carbonyl (C=O) groups excluding carboxylic acids is 1. The Morgan fingerprint density at radius 3 is 2.78 bits per heavy atom. The molecule has 1 atom stereocenters. The van der Waals surface area contributed by atoms with Gasteiger partial charge in [-0.15, -0.1) is 0 Å². The van der Waals surface area contributed by atoms with Crippen molar-refractivity contribution in [2.45, 2.75) is 45.6 Å². The molecule has 0 fully saturated rings. The Bertz CT molecular complexity index is 442. The van der Waals surface area contributed by atoms with Crippen molar-refractivity contribution in [2.75, 3.05) is 6.54 Å². The second-order valence-corrected chi connectivity index (χ2v) is 5.01. The first-order chi connectivity index (χ1) is 8.65. The average Bonchev–Trinajstić information content (AvgIpc) is 2.59. The highest BCUT2D eigenvalue weighted by atomic mass is 16.3. The molecular formula is C15H21NO2. The lowest BCUT2D eigenvalue weighted by Gasteiger charge is -2.21. The lowest BCUT2D eigenvalue weighted by Crippen LogP contribution is -2.27. The maximum absolute atomic E-state index is 12.2. The van der Waals surface area contributed by atoms with Gasteiger partial charge in [-0.05, 0) is 31.0 Å². The molecule has 0 bridgehead atoms. The third-order valence-electron chi connectivity index (χ3n) is 3.70. The number of carbonyl (C=O) groups is 1. The normalized spacial score (nSPS) is 18.2. The van der Waals surface area contributed by atoms with Crippen LogP contribution in [0.15, 0.2) is 18.2 Å². The summed E-state index contributed by atoms with van der Waals surface area (Å²) in [7, 11) is 0. The zero-order valence-electron chi connectivity index (χ0n) is 11.1. The van der Waals surface area contributed by atoms with E-state index in [9.17, 15) is 9.90 Å². The zero-order chi connectivity index (χ0) is 13.1. The van der Waals surface area contributed by atoms with Gasteiger partial charge in [0, 0.05) is 12.1 Å². The van der Waals surface area contributed by atoms with Gasteiger partial charge >= 0.3 is 0 Å². The molecule has 0 saturated heterocycles. The lowest BCUT2D eigenvalue weighted by atomic mass is 10.1. The van der Waals surface area contributed by atoms with E-state index in [1.54, 1.807) is 12.1 Å². The molecule has 1 amide bonds. The van der Waals surface area contributed by atoms with Crippen molar-refractivity contribution in [3.63, 3.8) is 0 Å². The summed E-state index contributed by atoms with van der Waals surface area (Å²) in [4.78, 5) is 14.2. The minimum Gasteiger partial charge on any atom is -0.508 e. The molecule has 2 rings (SSSR count). The first-order valence-electron chi connectivity index (χ1n) is 6.79. The van der Waals surface area contributed by atoms with Crippen LogP contribution in [0.3, 0.4) is 0 Å². The Balaban J connectivity index is 2.06. The molecule has 1 heterocycles. The maximum Gasteiger partial charge on any atom is 0.254 e. The van der Waals surface area contributed by atoms with Crippen molar-refractivity contribution in [1.82, 2.24) is 4.90 Å². The zero-order valence-corrected chi connectivity index (χ0v) is 11.1. The number of amides is 1. The standard InChI is InChI=1S/C15H21NO2/c1-3-4-5-6-9-16-11(2)13-8-7-12(17)10-14(13)15(16)18/h7-8,10-11,17H,3-6,9H2,1-2H3. The minimum absolute atomic E-state index is 0.0601. The van der Waals surface area contributed by atoms with Crippen molar-refractivity contribution in [1.29, 1.82) is 0 Å². The van der Waals surface area contributed by atoms with E-state index in [0.717, 1.165) is 18.5 Å². The van der Waals surface area contributed by atoms with E-state index in [4.69, 9.17) is 0 Å². The van der Waals surface area contributed by atoms with Crippen molar-refractivity contribution >= 4 is 5.91 Å². The molecule has 0 spiro atoms. The first kappa shape index (κ1) is 12.9. The van der Waals surface area contributed by atoms with Gasteiger partial charge < -0.3 is 10.0 Å².